The molecule has 0 spiro atoms. The van der Waals surface area contributed by atoms with Gasteiger partial charge in [0.05, 0.1) is 23.9 Å². The maximum Gasteiger partial charge on any atom is 0.263 e. The number of rotatable bonds is 7. The molecule has 7 nitrogen and oxygen atoms in total. The monoisotopic (exact) mass is 441 g/mol. The zero-order valence-corrected chi connectivity index (χ0v) is 17.8. The summed E-state index contributed by atoms with van der Waals surface area (Å²) in [6, 6.07) is 11.8. The van der Waals surface area contributed by atoms with E-state index in [-0.39, 0.29) is 29.5 Å². The summed E-state index contributed by atoms with van der Waals surface area (Å²) in [6.07, 6.45) is 2.38. The molecule has 0 saturated carbocycles. The fourth-order valence-electron chi connectivity index (χ4n) is 2.94. The van der Waals surface area contributed by atoms with Crippen molar-refractivity contribution in [1.29, 1.82) is 0 Å². The van der Waals surface area contributed by atoms with Gasteiger partial charge in [0.15, 0.2) is 5.16 Å². The molecule has 4 aromatic rings. The predicted octanol–water partition coefficient (Wildman–Crippen LogP) is 4.10. The molecule has 9 heteroatoms. The molecule has 0 radical (unpaired) electrons. The lowest BCUT2D eigenvalue weighted by Gasteiger charge is -2.11. The van der Waals surface area contributed by atoms with Gasteiger partial charge in [0.25, 0.3) is 5.56 Å². The van der Waals surface area contributed by atoms with Crippen LogP contribution in [-0.4, -0.2) is 26.3 Å². The zero-order valence-electron chi connectivity index (χ0n) is 16.1. The summed E-state index contributed by atoms with van der Waals surface area (Å²) in [5.41, 5.74) is 0.353. The molecule has 154 valence electrons. The number of carbonyl (C=O) groups is 1. The van der Waals surface area contributed by atoms with Gasteiger partial charge < -0.3 is 14.8 Å². The number of aromatic nitrogens is 2. The number of amides is 1. The van der Waals surface area contributed by atoms with Crippen LogP contribution in [-0.2, 0) is 17.8 Å². The van der Waals surface area contributed by atoms with E-state index in [0.29, 0.717) is 26.8 Å². The molecule has 0 saturated heterocycles. The minimum absolute atomic E-state index is 0.0672. The lowest BCUT2D eigenvalue weighted by molar-refractivity contribution is -0.113. The average molecular weight is 442 g/mol. The van der Waals surface area contributed by atoms with Gasteiger partial charge in [0.1, 0.15) is 16.3 Å². The van der Waals surface area contributed by atoms with Gasteiger partial charge in [-0.1, -0.05) is 24.8 Å². The van der Waals surface area contributed by atoms with Gasteiger partial charge in [-0.15, -0.1) is 11.3 Å². The Morgan fingerprint density at radius 1 is 1.30 bits per heavy atom. The number of nitrogens with zero attached hydrogens (tertiary/aromatic N) is 2. The number of fused-ring (bicyclic) bond motifs is 1. The highest BCUT2D eigenvalue weighted by molar-refractivity contribution is 7.99. The van der Waals surface area contributed by atoms with Crippen LogP contribution in [0, 0.1) is 0 Å². The number of nitrogens with one attached hydrogen (secondary N) is 1. The van der Waals surface area contributed by atoms with Gasteiger partial charge in [0.2, 0.25) is 5.91 Å². The third-order valence-electron chi connectivity index (χ3n) is 4.37. The van der Waals surface area contributed by atoms with E-state index in [4.69, 9.17) is 4.42 Å². The standard InChI is InChI=1S/C21H19N3O4S2/c1-2-16-10-17-19(30-16)23-21(24(20(17)27)11-15-7-4-8-28-15)29-12-18(26)22-13-5-3-6-14(25)9-13/h3-10,25H,2,11-12H2,1H3,(H,22,26). The molecule has 4 rings (SSSR count). The number of aryl methyl sites for hydroxylation is 1. The van der Waals surface area contributed by atoms with E-state index in [1.807, 2.05) is 13.0 Å². The smallest absolute Gasteiger partial charge is 0.263 e. The maximum atomic E-state index is 13.1. The molecule has 0 aliphatic carbocycles. The second-order valence-electron chi connectivity index (χ2n) is 6.54. The van der Waals surface area contributed by atoms with Crippen molar-refractivity contribution < 1.29 is 14.3 Å². The van der Waals surface area contributed by atoms with Crippen molar-refractivity contribution in [2.75, 3.05) is 11.1 Å². The summed E-state index contributed by atoms with van der Waals surface area (Å²) < 4.78 is 6.95. The molecule has 0 aliphatic heterocycles. The third kappa shape index (κ3) is 4.42. The molecule has 3 heterocycles. The van der Waals surface area contributed by atoms with Gasteiger partial charge in [-0.2, -0.15) is 0 Å². The van der Waals surface area contributed by atoms with Crippen molar-refractivity contribution in [1.82, 2.24) is 9.55 Å². The number of phenolic OH excluding ortho intramolecular Hbond substituents is 1. The normalized spacial score (nSPS) is 11.1. The first kappa shape index (κ1) is 20.2. The van der Waals surface area contributed by atoms with E-state index in [9.17, 15) is 14.7 Å². The van der Waals surface area contributed by atoms with Crippen molar-refractivity contribution >= 4 is 44.9 Å². The molecule has 0 atom stereocenters. The fraction of sp³-hybridized carbons (Fsp3) is 0.190. The minimum atomic E-state index is -0.259. The Morgan fingerprint density at radius 2 is 2.17 bits per heavy atom. The predicted molar refractivity (Wildman–Crippen MR) is 119 cm³/mol. The number of thiophene rings is 1. The van der Waals surface area contributed by atoms with E-state index in [1.165, 1.54) is 35.2 Å². The number of anilines is 1. The highest BCUT2D eigenvalue weighted by Crippen LogP contribution is 2.26. The van der Waals surface area contributed by atoms with E-state index < -0.39 is 0 Å². The quantitative estimate of drug-likeness (QED) is 0.331. The number of hydrogen-bond acceptors (Lipinski definition) is 7. The summed E-state index contributed by atoms with van der Waals surface area (Å²) in [4.78, 5) is 31.9. The fourth-order valence-corrected chi connectivity index (χ4v) is 4.75. The molecule has 0 unspecified atom stereocenters. The molecule has 0 fully saturated rings. The van der Waals surface area contributed by atoms with Crippen LogP contribution in [0.4, 0.5) is 5.69 Å². The van der Waals surface area contributed by atoms with Crippen molar-refractivity contribution in [2.45, 2.75) is 25.0 Å². The first-order chi connectivity index (χ1) is 14.5. The van der Waals surface area contributed by atoms with Crippen LogP contribution in [0.2, 0.25) is 0 Å². The van der Waals surface area contributed by atoms with Crippen molar-refractivity contribution in [3.05, 3.63) is 69.7 Å². The molecule has 1 amide bonds. The van der Waals surface area contributed by atoms with E-state index in [2.05, 4.69) is 10.3 Å². The molecule has 30 heavy (non-hydrogen) atoms. The van der Waals surface area contributed by atoms with Crippen molar-refractivity contribution in [3.8, 4) is 5.75 Å². The summed E-state index contributed by atoms with van der Waals surface area (Å²) in [5.74, 6) is 0.516. The molecule has 0 bridgehead atoms. The van der Waals surface area contributed by atoms with Gasteiger partial charge in [0, 0.05) is 16.6 Å². The Kier molecular flexibility index (Phi) is 5.91. The minimum Gasteiger partial charge on any atom is -0.508 e. The molecule has 3 aromatic heterocycles. The summed E-state index contributed by atoms with van der Waals surface area (Å²) >= 11 is 2.68. The SMILES string of the molecule is CCc1cc2c(=O)n(Cc3ccco3)c(SCC(=O)Nc3cccc(O)c3)nc2s1. The second-order valence-corrected chi connectivity index (χ2v) is 8.60. The van der Waals surface area contributed by atoms with Crippen LogP contribution >= 0.6 is 23.1 Å². The van der Waals surface area contributed by atoms with E-state index >= 15 is 0 Å². The number of furan rings is 1. The molecule has 2 N–H and O–H groups in total. The lowest BCUT2D eigenvalue weighted by atomic mass is 10.3. The third-order valence-corrected chi connectivity index (χ3v) is 6.52. The van der Waals surface area contributed by atoms with Crippen LogP contribution in [0.15, 0.2) is 63.1 Å². The van der Waals surface area contributed by atoms with Crippen molar-refractivity contribution in [3.63, 3.8) is 0 Å². The number of thioether (sulfide) groups is 1. The van der Waals surface area contributed by atoms with E-state index in [0.717, 1.165) is 11.3 Å². The Morgan fingerprint density at radius 3 is 2.90 bits per heavy atom. The van der Waals surface area contributed by atoms with Gasteiger partial charge >= 0.3 is 0 Å². The molecular weight excluding hydrogens is 422 g/mol. The number of carbonyl (C=O) groups excluding carboxylic acids is 1. The second kappa shape index (κ2) is 8.76. The average Bonchev–Trinajstić information content (AvgIpc) is 3.38. The van der Waals surface area contributed by atoms with Crippen molar-refractivity contribution in [2.24, 2.45) is 0 Å². The van der Waals surface area contributed by atoms with Gasteiger partial charge in [-0.25, -0.2) is 4.98 Å². The number of aromatic hydroxyl groups is 1. The molecular formula is C21H19N3O4S2. The van der Waals surface area contributed by atoms with Crippen LogP contribution in [0.5, 0.6) is 5.75 Å². The van der Waals surface area contributed by atoms with Crippen LogP contribution < -0.4 is 10.9 Å². The lowest BCUT2D eigenvalue weighted by Crippen LogP contribution is -2.24. The van der Waals surface area contributed by atoms with E-state index in [1.54, 1.807) is 35.1 Å². The molecule has 0 aliphatic rings. The number of benzene rings is 1. The van der Waals surface area contributed by atoms with Crippen LogP contribution in [0.1, 0.15) is 17.6 Å². The summed E-state index contributed by atoms with van der Waals surface area (Å²) in [7, 11) is 0. The van der Waals surface area contributed by atoms with Gasteiger partial charge in [-0.3, -0.25) is 14.2 Å². The Bertz CT molecular complexity index is 1250. The Hall–Kier alpha value is -3.04. The highest BCUT2D eigenvalue weighted by atomic mass is 32.2. The number of phenols is 1. The van der Waals surface area contributed by atoms with Crippen LogP contribution in [0.3, 0.4) is 0 Å². The first-order valence-electron chi connectivity index (χ1n) is 9.31. The Balaban J connectivity index is 1.61. The van der Waals surface area contributed by atoms with Crippen LogP contribution in [0.25, 0.3) is 10.2 Å². The first-order valence-corrected chi connectivity index (χ1v) is 11.1. The molecule has 1 aromatic carbocycles. The topological polar surface area (TPSA) is 97.4 Å². The summed E-state index contributed by atoms with van der Waals surface area (Å²) in [6.45, 7) is 2.27. The largest absolute Gasteiger partial charge is 0.508 e. The maximum absolute atomic E-state index is 13.1. The van der Waals surface area contributed by atoms with Gasteiger partial charge in [-0.05, 0) is 36.8 Å². The highest BCUT2D eigenvalue weighted by Gasteiger charge is 2.17. The number of hydrogen-bond donors (Lipinski definition) is 2. The summed E-state index contributed by atoms with van der Waals surface area (Å²) in [5, 5.41) is 13.3. The Labute approximate surface area is 180 Å². The zero-order chi connectivity index (χ0) is 21.1.